The highest BCUT2D eigenvalue weighted by Crippen LogP contribution is 2.25. The number of hydrogen-bond acceptors (Lipinski definition) is 2. The molecule has 152 valence electrons. The average Bonchev–Trinajstić information content (AvgIpc) is 3.41. The van der Waals surface area contributed by atoms with Crippen molar-refractivity contribution >= 4 is 5.91 Å². The van der Waals surface area contributed by atoms with Gasteiger partial charge in [0.2, 0.25) is 0 Å². The maximum Gasteiger partial charge on any atom is 0.253 e. The normalized spacial score (nSPS) is 12.0. The average molecular weight is 410 g/mol. The number of benzene rings is 2. The van der Waals surface area contributed by atoms with Crippen molar-refractivity contribution in [3.8, 4) is 16.8 Å². The summed E-state index contributed by atoms with van der Waals surface area (Å²) in [5, 5.41) is 7.01. The van der Waals surface area contributed by atoms with Crippen LogP contribution in [-0.4, -0.2) is 20.7 Å². The number of H-pyrrole nitrogens is 1. The summed E-state index contributed by atoms with van der Waals surface area (Å²) in [6, 6.07) is 10.5. The van der Waals surface area contributed by atoms with Gasteiger partial charge in [0.05, 0.1) is 23.5 Å². The first-order valence-corrected chi connectivity index (χ1v) is 9.16. The van der Waals surface area contributed by atoms with Crippen LogP contribution in [0.15, 0.2) is 67.3 Å². The van der Waals surface area contributed by atoms with Crippen LogP contribution in [0.2, 0.25) is 0 Å². The summed E-state index contributed by atoms with van der Waals surface area (Å²) in [7, 11) is 0. The molecule has 30 heavy (non-hydrogen) atoms. The Kier molecular flexibility index (Phi) is 5.14. The van der Waals surface area contributed by atoms with Crippen LogP contribution in [0.1, 0.15) is 28.9 Å². The van der Waals surface area contributed by atoms with Crippen LogP contribution >= 0.6 is 0 Å². The highest BCUT2D eigenvalue weighted by molar-refractivity contribution is 6.00. The number of halogens is 3. The van der Waals surface area contributed by atoms with Crippen LogP contribution in [0.5, 0.6) is 0 Å². The molecule has 1 atom stereocenters. The Bertz CT molecular complexity index is 1180. The zero-order chi connectivity index (χ0) is 21.3. The van der Waals surface area contributed by atoms with Crippen molar-refractivity contribution in [1.82, 2.24) is 20.1 Å². The minimum absolute atomic E-state index is 0.119. The molecule has 0 aliphatic heterocycles. The van der Waals surface area contributed by atoms with Gasteiger partial charge in [-0.15, -0.1) is 0 Å². The Balaban J connectivity index is 1.56. The van der Waals surface area contributed by atoms with Crippen molar-refractivity contribution in [2.24, 2.45) is 0 Å². The molecule has 0 fully saturated rings. The Labute approximate surface area is 170 Å². The number of hydrogen-bond donors (Lipinski definition) is 2. The first-order valence-electron chi connectivity index (χ1n) is 9.16. The van der Waals surface area contributed by atoms with Crippen molar-refractivity contribution in [2.45, 2.75) is 13.0 Å². The van der Waals surface area contributed by atoms with Gasteiger partial charge in [-0.05, 0) is 36.8 Å². The molecule has 8 heteroatoms. The Morgan fingerprint density at radius 1 is 1.10 bits per heavy atom. The van der Waals surface area contributed by atoms with Crippen molar-refractivity contribution in [3.63, 3.8) is 0 Å². The van der Waals surface area contributed by atoms with Crippen LogP contribution in [0.3, 0.4) is 0 Å². The zero-order valence-electron chi connectivity index (χ0n) is 15.9. The molecule has 1 amide bonds. The van der Waals surface area contributed by atoms with E-state index in [4.69, 9.17) is 0 Å². The molecule has 2 N–H and O–H groups in total. The van der Waals surface area contributed by atoms with Gasteiger partial charge < -0.3 is 10.3 Å². The first kappa shape index (κ1) is 19.5. The maximum atomic E-state index is 13.5. The molecule has 0 aliphatic carbocycles. The molecule has 0 radical (unpaired) electrons. The molecule has 2 aromatic carbocycles. The van der Waals surface area contributed by atoms with E-state index in [1.807, 2.05) is 30.3 Å². The fraction of sp³-hybridized carbons (Fsp3) is 0.0909. The summed E-state index contributed by atoms with van der Waals surface area (Å²) in [5.74, 6) is -4.60. The summed E-state index contributed by atoms with van der Waals surface area (Å²) >= 11 is 0. The lowest BCUT2D eigenvalue weighted by molar-refractivity contribution is 0.0940. The summed E-state index contributed by atoms with van der Waals surface area (Å²) in [4.78, 5) is 15.7. The lowest BCUT2D eigenvalue weighted by atomic mass is 10.1. The van der Waals surface area contributed by atoms with Crippen molar-refractivity contribution in [1.29, 1.82) is 0 Å². The standard InChI is InChI=1S/C22H17F3N4O/c1-13(14-7-19(23)21(25)20(24)8-14)28-22(30)18-11-26-10-17(18)15-9-27-29(12-15)16-5-3-2-4-6-16/h2-13,26H,1H3,(H,28,30). The van der Waals surface area contributed by atoms with Crippen LogP contribution < -0.4 is 5.32 Å². The number of carbonyl (C=O) groups is 1. The van der Waals surface area contributed by atoms with Gasteiger partial charge in [0, 0.05) is 29.7 Å². The van der Waals surface area contributed by atoms with Crippen molar-refractivity contribution in [2.75, 3.05) is 0 Å². The highest BCUT2D eigenvalue weighted by Gasteiger charge is 2.20. The summed E-state index contributed by atoms with van der Waals surface area (Å²) in [5.41, 5.74) is 2.68. The Morgan fingerprint density at radius 3 is 2.50 bits per heavy atom. The summed E-state index contributed by atoms with van der Waals surface area (Å²) in [6.07, 6.45) is 6.64. The lowest BCUT2D eigenvalue weighted by Crippen LogP contribution is -2.27. The second kappa shape index (κ2) is 7.90. The van der Waals surface area contributed by atoms with E-state index in [2.05, 4.69) is 15.4 Å². The second-order valence-electron chi connectivity index (χ2n) is 6.79. The number of aromatic amines is 1. The van der Waals surface area contributed by atoms with Crippen LogP contribution in [0, 0.1) is 17.5 Å². The SMILES string of the molecule is CC(NC(=O)c1c[nH]cc1-c1cnn(-c2ccccc2)c1)c1cc(F)c(F)c(F)c1. The van der Waals surface area contributed by atoms with E-state index in [0.29, 0.717) is 11.1 Å². The summed E-state index contributed by atoms with van der Waals surface area (Å²) in [6.45, 7) is 1.56. The number of para-hydroxylation sites is 1. The quantitative estimate of drug-likeness (QED) is 0.466. The minimum Gasteiger partial charge on any atom is -0.366 e. The third-order valence-electron chi connectivity index (χ3n) is 4.76. The number of carbonyl (C=O) groups excluding carboxylic acids is 1. The smallest absolute Gasteiger partial charge is 0.253 e. The largest absolute Gasteiger partial charge is 0.366 e. The second-order valence-corrected chi connectivity index (χ2v) is 6.79. The summed E-state index contributed by atoms with van der Waals surface area (Å²) < 4.78 is 41.9. The van der Waals surface area contributed by atoms with Crippen LogP contribution in [-0.2, 0) is 0 Å². The van der Waals surface area contributed by atoms with Crippen molar-refractivity contribution in [3.05, 3.63) is 95.8 Å². The third kappa shape index (κ3) is 3.71. The molecular weight excluding hydrogens is 393 g/mol. The first-order chi connectivity index (χ1) is 14.4. The molecule has 2 heterocycles. The predicted octanol–water partition coefficient (Wildman–Crippen LogP) is 4.78. The van der Waals surface area contributed by atoms with Crippen molar-refractivity contribution < 1.29 is 18.0 Å². The molecule has 0 saturated carbocycles. The van der Waals surface area contributed by atoms with E-state index in [1.54, 1.807) is 30.2 Å². The van der Waals surface area contributed by atoms with Gasteiger partial charge in [0.1, 0.15) is 0 Å². The minimum atomic E-state index is -1.54. The van der Waals surface area contributed by atoms with E-state index in [-0.39, 0.29) is 5.56 Å². The number of amides is 1. The molecular formula is C22H17F3N4O. The molecule has 4 rings (SSSR count). The van der Waals surface area contributed by atoms with Gasteiger partial charge in [0.15, 0.2) is 17.5 Å². The third-order valence-corrected chi connectivity index (χ3v) is 4.76. The predicted molar refractivity (Wildman–Crippen MR) is 106 cm³/mol. The fourth-order valence-electron chi connectivity index (χ4n) is 3.16. The van der Waals surface area contributed by atoms with E-state index in [9.17, 15) is 18.0 Å². The van der Waals surface area contributed by atoms with Gasteiger partial charge >= 0.3 is 0 Å². The molecule has 5 nitrogen and oxygen atoms in total. The Hall–Kier alpha value is -3.81. The number of nitrogens with one attached hydrogen (secondary N) is 2. The molecule has 0 saturated heterocycles. The molecule has 2 aromatic heterocycles. The molecule has 4 aromatic rings. The number of rotatable bonds is 5. The topological polar surface area (TPSA) is 62.7 Å². The number of nitrogens with zero attached hydrogens (tertiary/aromatic N) is 2. The molecule has 1 unspecified atom stereocenters. The van der Waals surface area contributed by atoms with E-state index < -0.39 is 29.4 Å². The van der Waals surface area contributed by atoms with Gasteiger partial charge in [-0.2, -0.15) is 5.10 Å². The lowest BCUT2D eigenvalue weighted by Gasteiger charge is -2.15. The van der Waals surface area contributed by atoms with E-state index in [0.717, 1.165) is 23.4 Å². The zero-order valence-corrected chi connectivity index (χ0v) is 15.9. The van der Waals surface area contributed by atoms with E-state index >= 15 is 0 Å². The highest BCUT2D eigenvalue weighted by atomic mass is 19.2. The maximum absolute atomic E-state index is 13.5. The number of aromatic nitrogens is 3. The van der Waals surface area contributed by atoms with Gasteiger partial charge in [-0.3, -0.25) is 4.79 Å². The van der Waals surface area contributed by atoms with Gasteiger partial charge in [0.25, 0.3) is 5.91 Å². The van der Waals surface area contributed by atoms with Crippen LogP contribution in [0.25, 0.3) is 16.8 Å². The molecule has 0 aliphatic rings. The van der Waals surface area contributed by atoms with Crippen LogP contribution in [0.4, 0.5) is 13.2 Å². The van der Waals surface area contributed by atoms with Gasteiger partial charge in [-0.25, -0.2) is 17.9 Å². The molecule has 0 bridgehead atoms. The monoisotopic (exact) mass is 410 g/mol. The van der Waals surface area contributed by atoms with E-state index in [1.165, 1.54) is 6.20 Å². The Morgan fingerprint density at radius 2 is 1.80 bits per heavy atom. The molecule has 0 spiro atoms. The van der Waals surface area contributed by atoms with Gasteiger partial charge in [-0.1, -0.05) is 18.2 Å². The fourth-order valence-corrected chi connectivity index (χ4v) is 3.16.